The summed E-state index contributed by atoms with van der Waals surface area (Å²) in [5, 5.41) is 11.1. The number of carbonyl (C=O) groups is 1. The second-order valence-corrected chi connectivity index (χ2v) is 3.10. The first-order valence-electron chi connectivity index (χ1n) is 4.64. The van der Waals surface area contributed by atoms with Crippen molar-refractivity contribution in [1.82, 2.24) is 15.3 Å². The molecule has 0 atom stereocenters. The molecule has 0 saturated carbocycles. The van der Waals surface area contributed by atoms with Crippen molar-refractivity contribution in [1.29, 1.82) is 0 Å². The Morgan fingerprint density at radius 3 is 3.20 bits per heavy atom. The van der Waals surface area contributed by atoms with Crippen LogP contribution in [0.2, 0.25) is 0 Å². The molecule has 0 spiro atoms. The molecule has 0 aromatic carbocycles. The number of aliphatic hydroxyl groups excluding tert-OH is 1. The van der Waals surface area contributed by atoms with Crippen molar-refractivity contribution in [3.8, 4) is 0 Å². The van der Waals surface area contributed by atoms with Gasteiger partial charge >= 0.3 is 0 Å². The van der Waals surface area contributed by atoms with E-state index < -0.39 is 0 Å². The Kier molecular flexibility index (Phi) is 2.64. The van der Waals surface area contributed by atoms with E-state index in [1.165, 1.54) is 0 Å². The molecule has 0 radical (unpaired) electrons. The van der Waals surface area contributed by atoms with E-state index in [0.717, 1.165) is 11.0 Å². The largest absolute Gasteiger partial charge is 0.395 e. The van der Waals surface area contributed by atoms with E-state index in [1.54, 1.807) is 18.3 Å². The van der Waals surface area contributed by atoms with Gasteiger partial charge in [-0.25, -0.2) is 0 Å². The lowest BCUT2D eigenvalue weighted by atomic mass is 10.3. The number of carbonyl (C=O) groups excluding carboxylic acids is 1. The molecule has 2 rings (SSSR count). The number of nitrogens with one attached hydrogen (secondary N) is 2. The summed E-state index contributed by atoms with van der Waals surface area (Å²) in [6.07, 6.45) is 1.67. The van der Waals surface area contributed by atoms with Crippen LogP contribution in [0.25, 0.3) is 11.0 Å². The van der Waals surface area contributed by atoms with Crippen LogP contribution in [-0.4, -0.2) is 34.1 Å². The molecule has 0 unspecified atom stereocenters. The summed E-state index contributed by atoms with van der Waals surface area (Å²) in [4.78, 5) is 18.5. The molecule has 0 aliphatic rings. The van der Waals surface area contributed by atoms with Gasteiger partial charge in [0.15, 0.2) is 0 Å². The number of nitrogens with zero attached hydrogens (tertiary/aromatic N) is 1. The quantitative estimate of drug-likeness (QED) is 0.673. The summed E-state index contributed by atoms with van der Waals surface area (Å²) in [6, 6.07) is 5.33. The highest BCUT2D eigenvalue weighted by Crippen LogP contribution is 2.11. The summed E-state index contributed by atoms with van der Waals surface area (Å²) in [5.41, 5.74) is 2.04. The lowest BCUT2D eigenvalue weighted by molar-refractivity contribution is 0.0940. The second kappa shape index (κ2) is 4.10. The number of pyridine rings is 1. The smallest absolute Gasteiger partial charge is 0.267 e. The van der Waals surface area contributed by atoms with Crippen LogP contribution in [0, 0.1) is 0 Å². The molecular formula is C10H11N3O2. The molecule has 2 heterocycles. The van der Waals surface area contributed by atoms with E-state index in [1.807, 2.05) is 6.07 Å². The van der Waals surface area contributed by atoms with Crippen molar-refractivity contribution in [2.24, 2.45) is 0 Å². The van der Waals surface area contributed by atoms with Crippen LogP contribution < -0.4 is 5.32 Å². The van der Waals surface area contributed by atoms with Crippen LogP contribution in [0.5, 0.6) is 0 Å². The minimum atomic E-state index is -0.234. The first-order chi connectivity index (χ1) is 7.31. The fraction of sp³-hybridized carbons (Fsp3) is 0.200. The van der Waals surface area contributed by atoms with Crippen molar-refractivity contribution in [3.05, 3.63) is 30.1 Å². The van der Waals surface area contributed by atoms with Crippen LogP contribution in [0.1, 0.15) is 10.5 Å². The Hall–Kier alpha value is -1.88. The van der Waals surface area contributed by atoms with Gasteiger partial charge in [0.1, 0.15) is 5.69 Å². The lowest BCUT2D eigenvalue weighted by Crippen LogP contribution is -2.26. The molecular weight excluding hydrogens is 194 g/mol. The number of rotatable bonds is 3. The number of hydrogen-bond acceptors (Lipinski definition) is 3. The van der Waals surface area contributed by atoms with E-state index in [0.29, 0.717) is 5.69 Å². The van der Waals surface area contributed by atoms with Crippen LogP contribution in [0.4, 0.5) is 0 Å². The molecule has 0 aliphatic carbocycles. The second-order valence-electron chi connectivity index (χ2n) is 3.10. The van der Waals surface area contributed by atoms with Crippen LogP contribution in [0.15, 0.2) is 24.4 Å². The van der Waals surface area contributed by atoms with E-state index in [-0.39, 0.29) is 19.1 Å². The number of aromatic amines is 1. The summed E-state index contributed by atoms with van der Waals surface area (Å²) in [5.74, 6) is -0.234. The highest BCUT2D eigenvalue weighted by atomic mass is 16.3. The monoisotopic (exact) mass is 205 g/mol. The summed E-state index contributed by atoms with van der Waals surface area (Å²) in [7, 11) is 0. The van der Waals surface area contributed by atoms with E-state index >= 15 is 0 Å². The first-order valence-corrected chi connectivity index (χ1v) is 4.64. The number of aromatic nitrogens is 2. The number of fused-ring (bicyclic) bond motifs is 1. The molecule has 5 nitrogen and oxygen atoms in total. The van der Waals surface area contributed by atoms with Gasteiger partial charge in [-0.3, -0.25) is 9.78 Å². The number of H-pyrrole nitrogens is 1. The molecule has 3 N–H and O–H groups in total. The Morgan fingerprint density at radius 2 is 2.47 bits per heavy atom. The van der Waals surface area contributed by atoms with Crippen LogP contribution >= 0.6 is 0 Å². The first kappa shape index (κ1) is 9.67. The van der Waals surface area contributed by atoms with Gasteiger partial charge in [0.25, 0.3) is 5.91 Å². The fourth-order valence-electron chi connectivity index (χ4n) is 1.34. The normalized spacial score (nSPS) is 10.5. The molecule has 0 aliphatic heterocycles. The van der Waals surface area contributed by atoms with Crippen molar-refractivity contribution < 1.29 is 9.90 Å². The highest BCUT2D eigenvalue weighted by Gasteiger charge is 2.08. The van der Waals surface area contributed by atoms with Crippen LogP contribution in [-0.2, 0) is 0 Å². The Labute approximate surface area is 86.1 Å². The molecule has 78 valence electrons. The topological polar surface area (TPSA) is 78.0 Å². The molecule has 0 bridgehead atoms. The maximum absolute atomic E-state index is 11.5. The zero-order valence-corrected chi connectivity index (χ0v) is 8.03. The third kappa shape index (κ3) is 1.97. The average Bonchev–Trinajstić information content (AvgIpc) is 2.69. The molecule has 5 heteroatoms. The van der Waals surface area contributed by atoms with Crippen molar-refractivity contribution in [2.75, 3.05) is 13.2 Å². The van der Waals surface area contributed by atoms with Gasteiger partial charge in [0.2, 0.25) is 0 Å². The molecule has 15 heavy (non-hydrogen) atoms. The predicted molar refractivity (Wildman–Crippen MR) is 55.5 cm³/mol. The Bertz CT molecular complexity index is 445. The standard InChI is InChI=1S/C10H11N3O2/c14-5-4-12-10(15)9-6-8-7(13-9)2-1-3-11-8/h1-3,6,13-14H,4-5H2,(H,12,15). The fourth-order valence-corrected chi connectivity index (χ4v) is 1.34. The molecule has 2 aromatic heterocycles. The molecule has 0 fully saturated rings. The Morgan fingerprint density at radius 1 is 1.60 bits per heavy atom. The van der Waals surface area contributed by atoms with Gasteiger partial charge in [0.05, 0.1) is 17.6 Å². The summed E-state index contributed by atoms with van der Waals surface area (Å²) >= 11 is 0. The third-order valence-corrected chi connectivity index (χ3v) is 2.03. The van der Waals surface area contributed by atoms with Gasteiger partial charge in [0, 0.05) is 12.7 Å². The highest BCUT2D eigenvalue weighted by molar-refractivity contribution is 5.96. The van der Waals surface area contributed by atoms with Gasteiger partial charge in [-0.2, -0.15) is 0 Å². The number of aliphatic hydroxyl groups is 1. The summed E-state index contributed by atoms with van der Waals surface area (Å²) < 4.78 is 0. The molecule has 0 saturated heterocycles. The van der Waals surface area contributed by atoms with Crippen molar-refractivity contribution in [2.45, 2.75) is 0 Å². The zero-order chi connectivity index (χ0) is 10.7. The van der Waals surface area contributed by atoms with E-state index in [2.05, 4.69) is 15.3 Å². The molecule has 1 amide bonds. The predicted octanol–water partition coefficient (Wildman–Crippen LogP) is 0.285. The maximum Gasteiger partial charge on any atom is 0.267 e. The van der Waals surface area contributed by atoms with Crippen molar-refractivity contribution >= 4 is 16.9 Å². The van der Waals surface area contributed by atoms with Crippen molar-refractivity contribution in [3.63, 3.8) is 0 Å². The summed E-state index contributed by atoms with van der Waals surface area (Å²) in [6.45, 7) is 0.186. The van der Waals surface area contributed by atoms with Gasteiger partial charge in [-0.1, -0.05) is 0 Å². The minimum Gasteiger partial charge on any atom is -0.395 e. The number of hydrogen-bond donors (Lipinski definition) is 3. The van der Waals surface area contributed by atoms with E-state index in [9.17, 15) is 4.79 Å². The SMILES string of the molecule is O=C(NCCO)c1cc2ncccc2[nH]1. The van der Waals surface area contributed by atoms with Gasteiger partial charge in [-0.15, -0.1) is 0 Å². The average molecular weight is 205 g/mol. The maximum atomic E-state index is 11.5. The lowest BCUT2D eigenvalue weighted by Gasteiger charge is -1.99. The van der Waals surface area contributed by atoms with Crippen LogP contribution in [0.3, 0.4) is 0 Å². The number of amides is 1. The van der Waals surface area contributed by atoms with E-state index in [4.69, 9.17) is 5.11 Å². The molecule has 2 aromatic rings. The third-order valence-electron chi connectivity index (χ3n) is 2.03. The zero-order valence-electron chi connectivity index (χ0n) is 8.03. The minimum absolute atomic E-state index is 0.0653. The Balaban J connectivity index is 2.25. The van der Waals surface area contributed by atoms with Gasteiger partial charge < -0.3 is 15.4 Å². The van der Waals surface area contributed by atoms with Gasteiger partial charge in [-0.05, 0) is 18.2 Å².